The number of benzene rings is 1. The van der Waals surface area contributed by atoms with Gasteiger partial charge >= 0.3 is 5.97 Å². The smallest absolute Gasteiger partial charge is 0.338 e. The normalized spacial score (nSPS) is 10.4. The second kappa shape index (κ2) is 7.59. The molecule has 0 spiro atoms. The van der Waals surface area contributed by atoms with E-state index in [-0.39, 0.29) is 5.97 Å². The fourth-order valence-corrected chi connectivity index (χ4v) is 1.52. The second-order valence-corrected chi connectivity index (χ2v) is 6.07. The summed E-state index contributed by atoms with van der Waals surface area (Å²) in [6.07, 6.45) is 1.68. The van der Waals surface area contributed by atoms with E-state index in [1.807, 2.05) is 58.9 Å². The van der Waals surface area contributed by atoms with Crippen molar-refractivity contribution in [2.75, 3.05) is 5.73 Å². The summed E-state index contributed by atoms with van der Waals surface area (Å²) in [5.41, 5.74) is 7.75. The molecule has 0 saturated carbocycles. The third kappa shape index (κ3) is 6.39. The number of hydrogen-bond acceptors (Lipinski definition) is 4. The molecule has 2 rings (SSSR count). The average Bonchev–Trinajstić information content (AvgIpc) is 2.42. The molecule has 0 aliphatic rings. The van der Waals surface area contributed by atoms with Crippen LogP contribution in [0.4, 0.5) is 5.82 Å². The molecule has 0 amide bonds. The van der Waals surface area contributed by atoms with Crippen molar-refractivity contribution in [2.45, 2.75) is 40.2 Å². The number of aromatic nitrogens is 1. The summed E-state index contributed by atoms with van der Waals surface area (Å²) >= 11 is 0. The fourth-order valence-electron chi connectivity index (χ4n) is 1.52. The van der Waals surface area contributed by atoms with Crippen molar-refractivity contribution in [2.24, 2.45) is 0 Å². The highest BCUT2D eigenvalue weighted by Gasteiger charge is 2.17. The number of anilines is 1. The zero-order valence-corrected chi connectivity index (χ0v) is 13.9. The minimum absolute atomic E-state index is 0.266. The quantitative estimate of drug-likeness (QED) is 0.811. The predicted molar refractivity (Wildman–Crippen MR) is 89.7 cm³/mol. The Labute approximate surface area is 132 Å². The molecule has 0 aliphatic carbocycles. The minimum Gasteiger partial charge on any atom is -0.456 e. The Kier molecular flexibility index (Phi) is 6.11. The molecule has 4 nitrogen and oxygen atoms in total. The van der Waals surface area contributed by atoms with E-state index >= 15 is 0 Å². The van der Waals surface area contributed by atoms with Gasteiger partial charge in [-0.2, -0.15) is 0 Å². The summed E-state index contributed by atoms with van der Waals surface area (Å²) in [4.78, 5) is 15.4. The maximum absolute atomic E-state index is 11.5. The van der Waals surface area contributed by atoms with Gasteiger partial charge in [0.1, 0.15) is 11.4 Å². The van der Waals surface area contributed by atoms with E-state index in [0.29, 0.717) is 11.4 Å². The monoisotopic (exact) mass is 300 g/mol. The van der Waals surface area contributed by atoms with Crippen molar-refractivity contribution in [1.29, 1.82) is 0 Å². The summed E-state index contributed by atoms with van der Waals surface area (Å²) in [6, 6.07) is 11.2. The van der Waals surface area contributed by atoms with E-state index in [1.165, 1.54) is 0 Å². The van der Waals surface area contributed by atoms with Crippen LogP contribution in [-0.4, -0.2) is 16.6 Å². The number of nitrogens with zero attached hydrogens (tertiary/aromatic N) is 1. The van der Waals surface area contributed by atoms with Gasteiger partial charge in [-0.15, -0.1) is 0 Å². The number of aryl methyl sites for hydroxylation is 2. The van der Waals surface area contributed by atoms with Crippen LogP contribution in [-0.2, 0) is 4.74 Å². The van der Waals surface area contributed by atoms with E-state index in [2.05, 4.69) is 4.98 Å². The summed E-state index contributed by atoms with van der Waals surface area (Å²) in [7, 11) is 0. The number of esters is 1. The van der Waals surface area contributed by atoms with Gasteiger partial charge < -0.3 is 10.5 Å². The van der Waals surface area contributed by atoms with Gasteiger partial charge in [0.05, 0.1) is 5.56 Å². The number of hydrogen-bond donors (Lipinski definition) is 1. The van der Waals surface area contributed by atoms with Crippen molar-refractivity contribution in [1.82, 2.24) is 4.98 Å². The van der Waals surface area contributed by atoms with Crippen LogP contribution < -0.4 is 5.73 Å². The van der Waals surface area contributed by atoms with Crippen LogP contribution in [0.1, 0.15) is 42.3 Å². The first-order chi connectivity index (χ1) is 10.2. The van der Waals surface area contributed by atoms with Gasteiger partial charge in [0.25, 0.3) is 0 Å². The topological polar surface area (TPSA) is 65.2 Å². The molecule has 1 heterocycles. The van der Waals surface area contributed by atoms with Crippen LogP contribution in [0, 0.1) is 13.8 Å². The van der Waals surface area contributed by atoms with Crippen LogP contribution in [0.2, 0.25) is 0 Å². The van der Waals surface area contributed by atoms with Crippen LogP contribution in [0.15, 0.2) is 42.6 Å². The van der Waals surface area contributed by atoms with Gasteiger partial charge in [-0.05, 0) is 58.4 Å². The third-order valence-corrected chi connectivity index (χ3v) is 2.74. The molecular formula is C18H24N2O2. The Morgan fingerprint density at radius 1 is 1.09 bits per heavy atom. The van der Waals surface area contributed by atoms with Crippen LogP contribution in [0.25, 0.3) is 0 Å². The molecule has 118 valence electrons. The number of rotatable bonds is 1. The Balaban J connectivity index is 0.000000255. The fraction of sp³-hybridized carbons (Fsp3) is 0.333. The Morgan fingerprint density at radius 2 is 1.68 bits per heavy atom. The molecule has 1 aromatic carbocycles. The molecule has 0 unspecified atom stereocenters. The molecule has 0 fully saturated rings. The molecule has 1 aromatic heterocycles. The summed E-state index contributed by atoms with van der Waals surface area (Å²) in [5.74, 6) is 0.352. The molecule has 0 atom stereocenters. The number of ether oxygens (including phenoxy) is 1. The molecule has 22 heavy (non-hydrogen) atoms. The van der Waals surface area contributed by atoms with E-state index < -0.39 is 5.60 Å². The van der Waals surface area contributed by atoms with E-state index in [4.69, 9.17) is 10.5 Å². The van der Waals surface area contributed by atoms with Gasteiger partial charge in [-0.25, -0.2) is 9.78 Å². The maximum Gasteiger partial charge on any atom is 0.338 e. The lowest BCUT2D eigenvalue weighted by Crippen LogP contribution is -2.23. The molecule has 0 bridgehead atoms. The van der Waals surface area contributed by atoms with Crippen LogP contribution >= 0.6 is 0 Å². The van der Waals surface area contributed by atoms with Gasteiger partial charge in [0.15, 0.2) is 0 Å². The molecule has 4 heteroatoms. The number of pyridine rings is 1. The zero-order chi connectivity index (χ0) is 16.8. The number of carbonyl (C=O) groups excluding carboxylic acids is 1. The maximum atomic E-state index is 11.5. The number of nitrogen functional groups attached to an aromatic ring is 1. The van der Waals surface area contributed by atoms with Gasteiger partial charge in [0.2, 0.25) is 0 Å². The van der Waals surface area contributed by atoms with Gasteiger partial charge in [-0.1, -0.05) is 23.8 Å². The van der Waals surface area contributed by atoms with E-state index in [0.717, 1.165) is 11.1 Å². The highest BCUT2D eigenvalue weighted by atomic mass is 16.6. The molecule has 2 N–H and O–H groups in total. The van der Waals surface area contributed by atoms with Crippen molar-refractivity contribution in [3.8, 4) is 0 Å². The summed E-state index contributed by atoms with van der Waals surface area (Å²) in [5, 5.41) is 0. The lowest BCUT2D eigenvalue weighted by molar-refractivity contribution is 0.00695. The second-order valence-electron chi connectivity index (χ2n) is 6.07. The van der Waals surface area contributed by atoms with Crippen LogP contribution in [0.5, 0.6) is 0 Å². The van der Waals surface area contributed by atoms with Crippen molar-refractivity contribution < 1.29 is 9.53 Å². The number of carbonyl (C=O) groups is 1. The standard InChI is InChI=1S/C12H16O2.C6H8N2/c1-9-5-7-10(8-6-9)11(13)14-12(2,3)4;1-5-3-2-4-8-6(5)7/h5-8H,1-4H3;2-4H,1H3,(H2,7,8). The molecule has 0 saturated heterocycles. The predicted octanol–water partition coefficient (Wildman–Crippen LogP) is 3.92. The largest absolute Gasteiger partial charge is 0.456 e. The summed E-state index contributed by atoms with van der Waals surface area (Å²) < 4.78 is 5.22. The highest BCUT2D eigenvalue weighted by Crippen LogP contribution is 2.12. The lowest BCUT2D eigenvalue weighted by atomic mass is 10.1. The first kappa shape index (κ1) is 17.7. The van der Waals surface area contributed by atoms with Gasteiger partial charge in [-0.3, -0.25) is 0 Å². The third-order valence-electron chi connectivity index (χ3n) is 2.74. The lowest BCUT2D eigenvalue weighted by Gasteiger charge is -2.19. The van der Waals surface area contributed by atoms with E-state index in [1.54, 1.807) is 18.3 Å². The van der Waals surface area contributed by atoms with E-state index in [9.17, 15) is 4.79 Å². The minimum atomic E-state index is -0.429. The Morgan fingerprint density at radius 3 is 2.09 bits per heavy atom. The van der Waals surface area contributed by atoms with Crippen molar-refractivity contribution >= 4 is 11.8 Å². The Hall–Kier alpha value is -2.36. The number of nitrogens with two attached hydrogens (primary N) is 1. The SMILES string of the molecule is Cc1ccc(C(=O)OC(C)(C)C)cc1.Cc1cccnc1N. The zero-order valence-electron chi connectivity index (χ0n) is 13.9. The molecule has 0 radical (unpaired) electrons. The van der Waals surface area contributed by atoms with Crippen molar-refractivity contribution in [3.05, 3.63) is 59.3 Å². The van der Waals surface area contributed by atoms with Gasteiger partial charge in [0, 0.05) is 6.20 Å². The Bertz CT molecular complexity index is 593. The molecule has 0 aliphatic heterocycles. The van der Waals surface area contributed by atoms with Crippen LogP contribution in [0.3, 0.4) is 0 Å². The first-order valence-corrected chi connectivity index (χ1v) is 7.16. The van der Waals surface area contributed by atoms with Crippen molar-refractivity contribution in [3.63, 3.8) is 0 Å². The highest BCUT2D eigenvalue weighted by molar-refractivity contribution is 5.89. The summed E-state index contributed by atoms with van der Waals surface area (Å²) in [6.45, 7) is 9.50. The first-order valence-electron chi connectivity index (χ1n) is 7.16. The molecular weight excluding hydrogens is 276 g/mol. The molecule has 2 aromatic rings. The average molecular weight is 300 g/mol.